The first-order valence-corrected chi connectivity index (χ1v) is 19.5. The molecule has 15 heteroatoms. The Balaban J connectivity index is 1.53. The lowest BCUT2D eigenvalue weighted by molar-refractivity contribution is -0.136. The Morgan fingerprint density at radius 3 is 2.40 bits per heavy atom. The normalized spacial score (nSPS) is 17.4. The average Bonchev–Trinajstić information content (AvgIpc) is 3.03. The summed E-state index contributed by atoms with van der Waals surface area (Å²) in [4.78, 5) is 37.8. The first kappa shape index (κ1) is 38.7. The molecule has 10 nitrogen and oxygen atoms in total. The van der Waals surface area contributed by atoms with E-state index in [2.05, 4.69) is 19.7 Å². The molecule has 2 saturated heterocycles. The maximum Gasteiger partial charge on any atom is 0.254 e. The lowest BCUT2D eigenvalue weighted by atomic mass is 9.89. The van der Waals surface area contributed by atoms with E-state index in [0.29, 0.717) is 50.6 Å². The van der Waals surface area contributed by atoms with E-state index < -0.39 is 10.0 Å². The van der Waals surface area contributed by atoms with Crippen molar-refractivity contribution < 1.29 is 22.8 Å². The van der Waals surface area contributed by atoms with E-state index in [1.165, 1.54) is 4.90 Å². The Kier molecular flexibility index (Phi) is 14.7. The van der Waals surface area contributed by atoms with Crippen molar-refractivity contribution in [1.82, 2.24) is 19.4 Å². The number of rotatable bonds is 15. The largest absolute Gasteiger partial charge is 0.396 e. The van der Waals surface area contributed by atoms with Crippen LogP contribution in [0.1, 0.15) is 66.8 Å². The van der Waals surface area contributed by atoms with Gasteiger partial charge < -0.3 is 19.5 Å². The van der Waals surface area contributed by atoms with E-state index in [0.717, 1.165) is 63.7 Å². The molecule has 48 heavy (non-hydrogen) atoms. The van der Waals surface area contributed by atoms with Crippen molar-refractivity contribution in [3.63, 3.8) is 0 Å². The van der Waals surface area contributed by atoms with E-state index in [-0.39, 0.29) is 43.5 Å². The van der Waals surface area contributed by atoms with E-state index in [4.69, 9.17) is 51.2 Å². The highest BCUT2D eigenvalue weighted by molar-refractivity contribution is 7.88. The van der Waals surface area contributed by atoms with Crippen molar-refractivity contribution in [1.29, 1.82) is 0 Å². The summed E-state index contributed by atoms with van der Waals surface area (Å²) in [5.74, 6) is -0.328. The monoisotopic (exact) mass is 761 g/mol. The van der Waals surface area contributed by atoms with Crippen LogP contribution in [0.3, 0.4) is 0 Å². The van der Waals surface area contributed by atoms with E-state index in [1.807, 2.05) is 12.1 Å². The molecule has 2 aromatic carbocycles. The fourth-order valence-electron chi connectivity index (χ4n) is 6.17. The maximum atomic E-state index is 13.5. The van der Waals surface area contributed by atoms with Crippen molar-refractivity contribution in [2.75, 3.05) is 59.2 Å². The summed E-state index contributed by atoms with van der Waals surface area (Å²) >= 11 is 25.1. The third-order valence-corrected chi connectivity index (χ3v) is 10.6. The first-order chi connectivity index (χ1) is 22.8. The van der Waals surface area contributed by atoms with Crippen molar-refractivity contribution in [3.05, 3.63) is 67.6 Å². The second-order valence-electron chi connectivity index (χ2n) is 12.4. The summed E-state index contributed by atoms with van der Waals surface area (Å²) < 4.78 is 25.4. The number of sulfonamides is 1. The van der Waals surface area contributed by atoms with Gasteiger partial charge in [0.15, 0.2) is 0 Å². The molecule has 2 aliphatic rings. The summed E-state index contributed by atoms with van der Waals surface area (Å²) in [5.41, 5.74) is 1.79. The lowest BCUT2D eigenvalue weighted by Crippen LogP contribution is -2.49. The van der Waals surface area contributed by atoms with Crippen LogP contribution >= 0.6 is 46.4 Å². The quantitative estimate of drug-likeness (QED) is 0.129. The zero-order chi connectivity index (χ0) is 34.8. The number of nitrogens with one attached hydrogen (secondary N) is 1. The number of hydrogen-bond acceptors (Lipinski definition) is 7. The van der Waals surface area contributed by atoms with Crippen LogP contribution in [-0.2, 0) is 19.7 Å². The number of amides is 2. The number of hydrogen-bond donors (Lipinski definition) is 1. The second-order valence-corrected chi connectivity index (χ2v) is 15.9. The Labute approximate surface area is 303 Å². The maximum absolute atomic E-state index is 13.5. The summed E-state index contributed by atoms with van der Waals surface area (Å²) in [5, 5.41) is 6.06. The molecule has 0 saturated carbocycles. The zero-order valence-electron chi connectivity index (χ0n) is 27.3. The van der Waals surface area contributed by atoms with Crippen molar-refractivity contribution >= 4 is 74.0 Å². The molecule has 1 N–H and O–H groups in total. The summed E-state index contributed by atoms with van der Waals surface area (Å²) in [6.45, 7) is 3.80. The highest BCUT2D eigenvalue weighted by Gasteiger charge is 2.30. The van der Waals surface area contributed by atoms with Crippen LogP contribution in [0.2, 0.25) is 20.1 Å². The molecule has 2 heterocycles. The molecule has 0 bridgehead atoms. The minimum atomic E-state index is -3.33. The number of likely N-dealkylation sites (tertiary alicyclic amines) is 2. The Hall–Kier alpha value is -2.12. The number of benzene rings is 2. The Morgan fingerprint density at radius 2 is 1.75 bits per heavy atom. The third kappa shape index (κ3) is 11.7. The predicted molar refractivity (Wildman–Crippen MR) is 193 cm³/mol. The summed E-state index contributed by atoms with van der Waals surface area (Å²) in [7, 11) is -1.66. The topological polar surface area (TPSA) is 112 Å². The van der Waals surface area contributed by atoms with Crippen LogP contribution in [0.4, 0.5) is 0 Å². The molecule has 2 aromatic rings. The Morgan fingerprint density at radius 1 is 1.04 bits per heavy atom. The molecule has 2 amide bonds. The number of piperidine rings is 2. The molecule has 2 aliphatic heterocycles. The van der Waals surface area contributed by atoms with Gasteiger partial charge in [-0.25, -0.2) is 13.1 Å². The van der Waals surface area contributed by atoms with Crippen LogP contribution < -0.4 is 4.72 Å². The van der Waals surface area contributed by atoms with Gasteiger partial charge in [-0.3, -0.25) is 9.59 Å². The number of nitrogens with zero attached hydrogens (tertiary/aromatic N) is 4. The molecule has 4 rings (SSSR count). The van der Waals surface area contributed by atoms with Crippen molar-refractivity contribution in [3.8, 4) is 0 Å². The molecule has 0 radical (unpaired) electrons. The van der Waals surface area contributed by atoms with E-state index in [9.17, 15) is 18.0 Å². The van der Waals surface area contributed by atoms with Gasteiger partial charge in [0.2, 0.25) is 15.9 Å². The minimum Gasteiger partial charge on any atom is -0.396 e. The van der Waals surface area contributed by atoms with Gasteiger partial charge in [0, 0.05) is 67.2 Å². The molecule has 0 spiro atoms. The minimum absolute atomic E-state index is 0.120. The van der Waals surface area contributed by atoms with Gasteiger partial charge in [-0.05, 0) is 81.0 Å². The van der Waals surface area contributed by atoms with Crippen LogP contribution in [0.25, 0.3) is 0 Å². The average molecular weight is 764 g/mol. The van der Waals surface area contributed by atoms with Crippen LogP contribution in [0.15, 0.2) is 41.6 Å². The molecule has 264 valence electrons. The van der Waals surface area contributed by atoms with Gasteiger partial charge in [-0.1, -0.05) is 57.6 Å². The Bertz CT molecular complexity index is 1550. The van der Waals surface area contributed by atoms with Gasteiger partial charge in [-0.2, -0.15) is 0 Å². The molecule has 1 atom stereocenters. The van der Waals surface area contributed by atoms with Gasteiger partial charge in [0.05, 0.1) is 28.6 Å². The number of halogens is 4. The highest BCUT2D eigenvalue weighted by Crippen LogP contribution is 2.31. The lowest BCUT2D eigenvalue weighted by Gasteiger charge is -2.40. The number of carbonyl (C=O) groups excluding carboxylic acids is 2. The fraction of sp³-hybridized carbons (Fsp3) is 0.545. The predicted octanol–water partition coefficient (Wildman–Crippen LogP) is 6.33. The smallest absolute Gasteiger partial charge is 0.254 e. The fourth-order valence-corrected chi connectivity index (χ4v) is 7.52. The summed E-state index contributed by atoms with van der Waals surface area (Å²) in [6.07, 6.45) is 6.68. The van der Waals surface area contributed by atoms with Gasteiger partial charge in [0.1, 0.15) is 6.61 Å². The number of oxime groups is 1. The second kappa shape index (κ2) is 18.2. The van der Waals surface area contributed by atoms with E-state index in [1.54, 1.807) is 31.3 Å². The van der Waals surface area contributed by atoms with Crippen molar-refractivity contribution in [2.24, 2.45) is 5.16 Å². The van der Waals surface area contributed by atoms with Crippen LogP contribution in [0.5, 0.6) is 0 Å². The highest BCUT2D eigenvalue weighted by atomic mass is 35.5. The molecule has 2 fully saturated rings. The van der Waals surface area contributed by atoms with Crippen LogP contribution in [-0.4, -0.2) is 106 Å². The van der Waals surface area contributed by atoms with Crippen LogP contribution in [0, 0.1) is 0 Å². The third-order valence-electron chi connectivity index (χ3n) is 8.65. The zero-order valence-corrected chi connectivity index (χ0v) is 31.1. The van der Waals surface area contributed by atoms with Gasteiger partial charge in [-0.15, -0.1) is 0 Å². The molecule has 0 aliphatic carbocycles. The molecular weight excluding hydrogens is 720 g/mol. The van der Waals surface area contributed by atoms with Gasteiger partial charge in [0.25, 0.3) is 5.91 Å². The molecule has 1 unspecified atom stereocenters. The van der Waals surface area contributed by atoms with Crippen molar-refractivity contribution in [2.45, 2.75) is 56.9 Å². The van der Waals surface area contributed by atoms with Gasteiger partial charge >= 0.3 is 0 Å². The standard InChI is InChI=1S/C33H43Cl4N5O5S/c1-40(33(44)24-18-25(34)21-26(35)19-24)22-31(39-47-17-5-12-38-48(2,45)46)28(23-7-8-29(36)30(37)20-23)11-16-41-14-9-27(10-15-41)42-13-4-3-6-32(42)43/h7-8,18-21,27-28,38H,3-6,9-17,22H2,1-2H3/b39-31+. The number of carbonyl (C=O) groups is 2. The SMILES string of the molecule is CN(C/C(=N\OCCCNS(C)(=O)=O)C(CCN1CCC(N2CCCCC2=O)CC1)c1ccc(Cl)c(Cl)c1)C(=O)c1cc(Cl)cc(Cl)c1. The first-order valence-electron chi connectivity index (χ1n) is 16.1. The summed E-state index contributed by atoms with van der Waals surface area (Å²) in [6, 6.07) is 10.4. The van der Waals surface area contributed by atoms with E-state index >= 15 is 0 Å². The molecular formula is C33H43Cl4N5O5S. The molecule has 0 aromatic heterocycles.